The van der Waals surface area contributed by atoms with E-state index in [-0.39, 0.29) is 28.4 Å². The number of halogens is 1. The Morgan fingerprint density at radius 1 is 1.07 bits per heavy atom. The molecule has 0 bridgehead atoms. The van der Waals surface area contributed by atoms with Crippen molar-refractivity contribution in [2.75, 3.05) is 7.11 Å². The highest BCUT2D eigenvalue weighted by Gasteiger charge is 2.37. The Balaban J connectivity index is 1.58. The van der Waals surface area contributed by atoms with Gasteiger partial charge in [0.2, 0.25) is 11.8 Å². The first-order valence-corrected chi connectivity index (χ1v) is 13.4. The van der Waals surface area contributed by atoms with Gasteiger partial charge in [-0.25, -0.2) is 9.78 Å². The van der Waals surface area contributed by atoms with Gasteiger partial charge >= 0.3 is 5.63 Å². The summed E-state index contributed by atoms with van der Waals surface area (Å²) in [5.74, 6) is -1.51. The molecular weight excluding hydrogens is 549 g/mol. The van der Waals surface area contributed by atoms with E-state index in [1.165, 1.54) is 13.3 Å². The number of hydrogen-bond donors (Lipinski definition) is 1. The van der Waals surface area contributed by atoms with Crippen LogP contribution in [0.15, 0.2) is 99.7 Å². The van der Waals surface area contributed by atoms with Gasteiger partial charge in [-0.05, 0) is 61.9 Å². The smallest absolute Gasteiger partial charge is 0.344 e. The van der Waals surface area contributed by atoms with Crippen molar-refractivity contribution in [3.8, 4) is 28.7 Å². The highest BCUT2D eigenvalue weighted by molar-refractivity contribution is 5.95. The van der Waals surface area contributed by atoms with Crippen LogP contribution in [-0.4, -0.2) is 18.0 Å². The first-order chi connectivity index (χ1) is 20.8. The third kappa shape index (κ3) is 4.89. The fourth-order valence-corrected chi connectivity index (χ4v) is 5.19. The van der Waals surface area contributed by atoms with E-state index in [2.05, 4.69) is 16.4 Å². The SMILES string of the molecule is COc1ccc(C2C(C#N)=C(NC(=O)c3ccc(C)cc3)Oc3c2c(=O)oc2ccccc32)cc1-c1cnc(F)c(C)c1. The van der Waals surface area contributed by atoms with Crippen LogP contribution in [0.2, 0.25) is 0 Å². The van der Waals surface area contributed by atoms with Crippen molar-refractivity contribution in [1.82, 2.24) is 10.3 Å². The molecule has 43 heavy (non-hydrogen) atoms. The number of ether oxygens (including phenoxy) is 2. The van der Waals surface area contributed by atoms with Gasteiger partial charge in [-0.3, -0.25) is 10.1 Å². The molecule has 0 saturated carbocycles. The van der Waals surface area contributed by atoms with E-state index >= 15 is 0 Å². The van der Waals surface area contributed by atoms with Crippen LogP contribution in [0.1, 0.15) is 38.5 Å². The minimum atomic E-state index is -0.984. The number of nitriles is 1. The van der Waals surface area contributed by atoms with Gasteiger partial charge < -0.3 is 13.9 Å². The minimum absolute atomic E-state index is 0.0000660. The predicted molar refractivity (Wildman–Crippen MR) is 157 cm³/mol. The second-order valence-electron chi connectivity index (χ2n) is 10.1. The molecule has 0 aliphatic carbocycles. The highest BCUT2D eigenvalue weighted by Crippen LogP contribution is 2.45. The number of aromatic nitrogens is 1. The number of carbonyl (C=O) groups excluding carboxylic acids is 1. The number of methoxy groups -OCH3 is 1. The summed E-state index contributed by atoms with van der Waals surface area (Å²) < 4.78 is 31.4. The number of carbonyl (C=O) groups is 1. The van der Waals surface area contributed by atoms with E-state index in [0.717, 1.165) is 5.56 Å². The molecule has 212 valence electrons. The van der Waals surface area contributed by atoms with Crippen LogP contribution in [0.5, 0.6) is 11.5 Å². The summed E-state index contributed by atoms with van der Waals surface area (Å²) in [5.41, 5.74) is 3.05. The van der Waals surface area contributed by atoms with E-state index in [0.29, 0.717) is 39.0 Å². The van der Waals surface area contributed by atoms with E-state index in [1.54, 1.807) is 79.7 Å². The lowest BCUT2D eigenvalue weighted by molar-refractivity contribution is 0.0948. The first kappa shape index (κ1) is 27.4. The Labute approximate surface area is 245 Å². The van der Waals surface area contributed by atoms with E-state index in [4.69, 9.17) is 13.9 Å². The number of para-hydroxylation sites is 1. The summed E-state index contributed by atoms with van der Waals surface area (Å²) >= 11 is 0. The van der Waals surface area contributed by atoms with E-state index < -0.39 is 23.4 Å². The zero-order valence-electron chi connectivity index (χ0n) is 23.4. The number of allylic oxidation sites excluding steroid dienone is 1. The van der Waals surface area contributed by atoms with Crippen LogP contribution in [0.25, 0.3) is 22.1 Å². The molecule has 9 heteroatoms. The summed E-state index contributed by atoms with van der Waals surface area (Å²) in [7, 11) is 1.51. The van der Waals surface area contributed by atoms with Gasteiger partial charge in [0.25, 0.3) is 5.91 Å². The number of pyridine rings is 1. The lowest BCUT2D eigenvalue weighted by atomic mass is 9.82. The molecule has 1 amide bonds. The number of fused-ring (bicyclic) bond motifs is 3. The van der Waals surface area contributed by atoms with Crippen LogP contribution in [0.4, 0.5) is 4.39 Å². The van der Waals surface area contributed by atoms with E-state index in [9.17, 15) is 19.2 Å². The highest BCUT2D eigenvalue weighted by atomic mass is 19.1. The Hall–Kier alpha value is -5.75. The Morgan fingerprint density at radius 2 is 1.84 bits per heavy atom. The average molecular weight is 574 g/mol. The van der Waals surface area contributed by atoms with Crippen molar-refractivity contribution >= 4 is 16.9 Å². The standard InChI is InChI=1S/C34H24FN3O5/c1-18-8-10-20(11-9-18)32(39)38-33-25(16-36)28(29-30(43-33)23-6-4-5-7-27(23)42-34(29)40)21-12-13-26(41-3)24(15-21)22-14-19(2)31(35)37-17-22/h4-15,17,28H,1-3H3,(H,38,39). The Kier molecular flexibility index (Phi) is 6.96. The maximum absolute atomic E-state index is 14.0. The molecule has 0 radical (unpaired) electrons. The van der Waals surface area contributed by atoms with Gasteiger partial charge in [-0.1, -0.05) is 35.9 Å². The second kappa shape index (κ2) is 10.9. The third-order valence-electron chi connectivity index (χ3n) is 7.37. The van der Waals surface area contributed by atoms with Crippen LogP contribution in [0.3, 0.4) is 0 Å². The Morgan fingerprint density at radius 3 is 2.56 bits per heavy atom. The van der Waals surface area contributed by atoms with Crippen molar-refractivity contribution < 1.29 is 23.1 Å². The molecule has 0 spiro atoms. The maximum atomic E-state index is 14.0. The molecule has 1 atom stereocenters. The first-order valence-electron chi connectivity index (χ1n) is 13.4. The molecule has 3 heterocycles. The van der Waals surface area contributed by atoms with Gasteiger partial charge in [0.1, 0.15) is 23.0 Å². The van der Waals surface area contributed by atoms with Gasteiger partial charge in [-0.2, -0.15) is 9.65 Å². The minimum Gasteiger partial charge on any atom is -0.496 e. The zero-order valence-corrected chi connectivity index (χ0v) is 23.4. The molecule has 8 nitrogen and oxygen atoms in total. The predicted octanol–water partition coefficient (Wildman–Crippen LogP) is 6.31. The van der Waals surface area contributed by atoms with Crippen LogP contribution >= 0.6 is 0 Å². The summed E-state index contributed by atoms with van der Waals surface area (Å²) in [6.45, 7) is 3.51. The third-order valence-corrected chi connectivity index (χ3v) is 7.37. The largest absolute Gasteiger partial charge is 0.496 e. The topological polar surface area (TPSA) is 114 Å². The quantitative estimate of drug-likeness (QED) is 0.194. The maximum Gasteiger partial charge on any atom is 0.344 e. The molecule has 1 N–H and O–H groups in total. The number of amides is 1. The van der Waals surface area contributed by atoms with Gasteiger partial charge in [-0.15, -0.1) is 0 Å². The molecule has 1 aliphatic rings. The average Bonchev–Trinajstić information content (AvgIpc) is 3.01. The van der Waals surface area contributed by atoms with Gasteiger partial charge in [0, 0.05) is 28.5 Å². The summed E-state index contributed by atoms with van der Waals surface area (Å²) in [6.07, 6.45) is 1.39. The molecule has 6 rings (SSSR count). The molecule has 2 aromatic heterocycles. The number of nitrogens with one attached hydrogen (secondary N) is 1. The van der Waals surface area contributed by atoms with Crippen molar-refractivity contribution in [3.05, 3.63) is 135 Å². The number of nitrogens with zero attached hydrogens (tertiary/aromatic N) is 2. The van der Waals surface area contributed by atoms with Crippen LogP contribution in [-0.2, 0) is 0 Å². The van der Waals surface area contributed by atoms with Gasteiger partial charge in [0.05, 0.1) is 24.0 Å². The fourth-order valence-electron chi connectivity index (χ4n) is 5.19. The fraction of sp³-hybridized carbons (Fsp3) is 0.118. The van der Waals surface area contributed by atoms with Crippen LogP contribution in [0, 0.1) is 31.1 Å². The number of rotatable bonds is 5. The summed E-state index contributed by atoms with van der Waals surface area (Å²) in [4.78, 5) is 30.7. The van der Waals surface area contributed by atoms with Crippen LogP contribution < -0.4 is 20.4 Å². The molecule has 1 aliphatic heterocycles. The molecule has 0 saturated heterocycles. The second-order valence-corrected chi connectivity index (χ2v) is 10.1. The lowest BCUT2D eigenvalue weighted by Crippen LogP contribution is -2.33. The number of hydrogen-bond acceptors (Lipinski definition) is 7. The zero-order chi connectivity index (χ0) is 30.2. The number of aryl methyl sites for hydroxylation is 2. The van der Waals surface area contributed by atoms with Gasteiger partial charge in [0.15, 0.2) is 5.75 Å². The lowest BCUT2D eigenvalue weighted by Gasteiger charge is -2.28. The van der Waals surface area contributed by atoms with E-state index in [1.807, 2.05) is 6.92 Å². The summed E-state index contributed by atoms with van der Waals surface area (Å²) in [6, 6.07) is 22.8. The summed E-state index contributed by atoms with van der Waals surface area (Å²) in [5, 5.41) is 13.7. The molecule has 5 aromatic rings. The molecule has 1 unspecified atom stereocenters. The van der Waals surface area contributed by atoms with Crippen molar-refractivity contribution in [2.45, 2.75) is 19.8 Å². The van der Waals surface area contributed by atoms with Crippen molar-refractivity contribution in [1.29, 1.82) is 5.26 Å². The normalized spacial score (nSPS) is 14.1. The Bertz CT molecular complexity index is 2060. The monoisotopic (exact) mass is 573 g/mol. The molecule has 3 aromatic carbocycles. The van der Waals surface area contributed by atoms with Crippen molar-refractivity contribution in [3.63, 3.8) is 0 Å². The number of benzene rings is 3. The molecular formula is C34H24FN3O5. The van der Waals surface area contributed by atoms with Crippen molar-refractivity contribution in [2.24, 2.45) is 0 Å². The molecule has 0 fully saturated rings.